The number of nitrogens with one attached hydrogen (secondary N) is 1. The summed E-state index contributed by atoms with van der Waals surface area (Å²) in [6, 6.07) is 2.17. The number of nitriles is 1. The van der Waals surface area contributed by atoms with Gasteiger partial charge in [-0.1, -0.05) is 0 Å². The Morgan fingerprint density at radius 1 is 1.75 bits per heavy atom. The predicted molar refractivity (Wildman–Crippen MR) is 58.0 cm³/mol. The van der Waals surface area contributed by atoms with Gasteiger partial charge in [0.2, 0.25) is 0 Å². The lowest BCUT2D eigenvalue weighted by atomic mass is 10.2. The topological polar surface area (TPSA) is 70.7 Å². The highest BCUT2D eigenvalue weighted by molar-refractivity contribution is 6.01. The second kappa shape index (κ2) is 4.19. The highest BCUT2D eigenvalue weighted by Crippen LogP contribution is 2.19. The van der Waals surface area contributed by atoms with Gasteiger partial charge in [0.15, 0.2) is 0 Å². The molecule has 1 aromatic heterocycles. The molecule has 0 aliphatic heterocycles. The third-order valence-electron chi connectivity index (χ3n) is 2.31. The fraction of sp³-hybridized carbons (Fsp3) is 0.364. The average molecular weight is 216 g/mol. The molecule has 0 unspecified atom stereocenters. The van der Waals surface area contributed by atoms with E-state index in [9.17, 15) is 4.79 Å². The number of rotatable bonds is 3. The molecule has 1 heterocycles. The quantitative estimate of drug-likeness (QED) is 0.594. The summed E-state index contributed by atoms with van der Waals surface area (Å²) < 4.78 is 1.62. The van der Waals surface area contributed by atoms with E-state index in [2.05, 4.69) is 10.4 Å². The first kappa shape index (κ1) is 10.4. The Kier molecular flexibility index (Phi) is 2.73. The molecule has 0 atom stereocenters. The molecule has 5 nitrogen and oxygen atoms in total. The van der Waals surface area contributed by atoms with Gasteiger partial charge in [0.05, 0.1) is 6.20 Å². The van der Waals surface area contributed by atoms with Gasteiger partial charge in [0, 0.05) is 24.8 Å². The molecule has 1 N–H and O–H groups in total. The van der Waals surface area contributed by atoms with Crippen molar-refractivity contribution in [2.45, 2.75) is 18.9 Å². The molecule has 0 aromatic carbocycles. The van der Waals surface area contributed by atoms with Crippen molar-refractivity contribution in [2.24, 2.45) is 7.05 Å². The van der Waals surface area contributed by atoms with Crippen molar-refractivity contribution in [1.82, 2.24) is 15.1 Å². The molecule has 2 rings (SSSR count). The zero-order valence-electron chi connectivity index (χ0n) is 8.97. The smallest absolute Gasteiger partial charge is 0.262 e. The third-order valence-corrected chi connectivity index (χ3v) is 2.31. The van der Waals surface area contributed by atoms with Crippen LogP contribution in [0.5, 0.6) is 0 Å². The summed E-state index contributed by atoms with van der Waals surface area (Å²) in [5, 5.41) is 15.6. The van der Waals surface area contributed by atoms with E-state index < -0.39 is 0 Å². The van der Waals surface area contributed by atoms with E-state index in [1.54, 1.807) is 30.2 Å². The van der Waals surface area contributed by atoms with Crippen LogP contribution in [0.4, 0.5) is 0 Å². The number of aromatic nitrogens is 2. The molecule has 0 radical (unpaired) electrons. The summed E-state index contributed by atoms with van der Waals surface area (Å²) in [5.74, 6) is -0.297. The minimum atomic E-state index is -0.297. The summed E-state index contributed by atoms with van der Waals surface area (Å²) >= 11 is 0. The van der Waals surface area contributed by atoms with Gasteiger partial charge in [-0.3, -0.25) is 9.48 Å². The molecule has 0 bridgehead atoms. The molecule has 1 fully saturated rings. The van der Waals surface area contributed by atoms with E-state index in [1.165, 1.54) is 0 Å². The molecule has 5 heteroatoms. The monoisotopic (exact) mass is 216 g/mol. The van der Waals surface area contributed by atoms with Crippen LogP contribution in [-0.2, 0) is 11.8 Å². The van der Waals surface area contributed by atoms with Gasteiger partial charge in [0.1, 0.15) is 11.6 Å². The Morgan fingerprint density at radius 2 is 2.50 bits per heavy atom. The molecule has 1 saturated carbocycles. The van der Waals surface area contributed by atoms with Gasteiger partial charge in [-0.15, -0.1) is 0 Å². The van der Waals surface area contributed by atoms with Gasteiger partial charge in [-0.25, -0.2) is 0 Å². The Labute approximate surface area is 93.4 Å². The van der Waals surface area contributed by atoms with Crippen LogP contribution in [0.1, 0.15) is 18.4 Å². The minimum absolute atomic E-state index is 0.125. The van der Waals surface area contributed by atoms with Crippen LogP contribution in [0, 0.1) is 11.3 Å². The molecule has 1 aliphatic carbocycles. The van der Waals surface area contributed by atoms with E-state index in [0.717, 1.165) is 18.4 Å². The standard InChI is InChI=1S/C11H12N4O/c1-15-7-8(6-13-15)4-9(5-12)11(16)14-10-2-3-10/h4,6-7,10H,2-3H2,1H3,(H,14,16)/b9-4-. The summed E-state index contributed by atoms with van der Waals surface area (Å²) in [6.07, 6.45) is 6.93. The Hall–Kier alpha value is -2.09. The van der Waals surface area contributed by atoms with Crippen molar-refractivity contribution < 1.29 is 4.79 Å². The van der Waals surface area contributed by atoms with Crippen LogP contribution in [-0.4, -0.2) is 21.7 Å². The zero-order chi connectivity index (χ0) is 11.5. The number of carbonyl (C=O) groups excluding carboxylic acids is 1. The lowest BCUT2D eigenvalue weighted by Crippen LogP contribution is -2.26. The number of aryl methyl sites for hydroxylation is 1. The maximum absolute atomic E-state index is 11.6. The first-order valence-corrected chi connectivity index (χ1v) is 5.10. The van der Waals surface area contributed by atoms with Crippen LogP contribution in [0.15, 0.2) is 18.0 Å². The predicted octanol–water partition coefficient (Wildman–Crippen LogP) is 0.606. The van der Waals surface area contributed by atoms with E-state index in [1.807, 2.05) is 6.07 Å². The lowest BCUT2D eigenvalue weighted by molar-refractivity contribution is -0.117. The first-order valence-electron chi connectivity index (χ1n) is 5.10. The van der Waals surface area contributed by atoms with Crippen LogP contribution in [0.2, 0.25) is 0 Å². The van der Waals surface area contributed by atoms with Crippen LogP contribution in [0.3, 0.4) is 0 Å². The van der Waals surface area contributed by atoms with Crippen molar-refractivity contribution in [3.8, 4) is 6.07 Å². The molecule has 1 aromatic rings. The molecule has 0 spiro atoms. The minimum Gasteiger partial charge on any atom is -0.349 e. The van der Waals surface area contributed by atoms with Crippen LogP contribution >= 0.6 is 0 Å². The van der Waals surface area contributed by atoms with Gasteiger partial charge < -0.3 is 5.32 Å². The summed E-state index contributed by atoms with van der Waals surface area (Å²) in [4.78, 5) is 11.6. The van der Waals surface area contributed by atoms with Crippen LogP contribution in [0.25, 0.3) is 6.08 Å². The summed E-state index contributed by atoms with van der Waals surface area (Å²) in [5.41, 5.74) is 0.880. The molecular weight excluding hydrogens is 204 g/mol. The van der Waals surface area contributed by atoms with E-state index in [4.69, 9.17) is 5.26 Å². The van der Waals surface area contributed by atoms with Crippen LogP contribution < -0.4 is 5.32 Å². The second-order valence-corrected chi connectivity index (χ2v) is 3.86. The molecule has 1 aliphatic rings. The number of hydrogen-bond donors (Lipinski definition) is 1. The normalized spacial score (nSPS) is 15.6. The summed E-state index contributed by atoms with van der Waals surface area (Å²) in [6.45, 7) is 0. The Morgan fingerprint density at radius 3 is 3.00 bits per heavy atom. The molecule has 16 heavy (non-hydrogen) atoms. The van der Waals surface area contributed by atoms with Crippen molar-refractivity contribution in [3.63, 3.8) is 0 Å². The third kappa shape index (κ3) is 2.48. The van der Waals surface area contributed by atoms with Crippen molar-refractivity contribution in [1.29, 1.82) is 5.26 Å². The second-order valence-electron chi connectivity index (χ2n) is 3.86. The fourth-order valence-electron chi connectivity index (χ4n) is 1.32. The lowest BCUT2D eigenvalue weighted by Gasteiger charge is -1.99. The number of nitrogens with zero attached hydrogens (tertiary/aromatic N) is 3. The van der Waals surface area contributed by atoms with Gasteiger partial charge in [-0.05, 0) is 18.9 Å². The Balaban J connectivity index is 2.11. The first-order chi connectivity index (χ1) is 7.69. The molecule has 0 saturated heterocycles. The maximum atomic E-state index is 11.6. The SMILES string of the molecule is Cn1cc(/C=C(/C#N)C(=O)NC2CC2)cn1. The van der Waals surface area contributed by atoms with Crippen molar-refractivity contribution >= 4 is 12.0 Å². The molecular formula is C11H12N4O. The van der Waals surface area contributed by atoms with E-state index in [0.29, 0.717) is 0 Å². The summed E-state index contributed by atoms with van der Waals surface area (Å²) in [7, 11) is 1.79. The number of amides is 1. The number of hydrogen-bond acceptors (Lipinski definition) is 3. The largest absolute Gasteiger partial charge is 0.349 e. The molecule has 1 amide bonds. The van der Waals surface area contributed by atoms with Crippen molar-refractivity contribution in [2.75, 3.05) is 0 Å². The Bertz CT molecular complexity index is 476. The van der Waals surface area contributed by atoms with E-state index >= 15 is 0 Å². The highest BCUT2D eigenvalue weighted by Gasteiger charge is 2.24. The zero-order valence-corrected chi connectivity index (χ0v) is 8.97. The van der Waals surface area contributed by atoms with Crippen molar-refractivity contribution in [3.05, 3.63) is 23.5 Å². The molecule has 82 valence electrons. The average Bonchev–Trinajstić information content (AvgIpc) is 2.97. The fourth-order valence-corrected chi connectivity index (χ4v) is 1.32. The maximum Gasteiger partial charge on any atom is 0.262 e. The van der Waals surface area contributed by atoms with Gasteiger partial charge in [0.25, 0.3) is 5.91 Å². The van der Waals surface area contributed by atoms with Gasteiger partial charge in [-0.2, -0.15) is 10.4 Å². The van der Waals surface area contributed by atoms with E-state index in [-0.39, 0.29) is 17.5 Å². The highest BCUT2D eigenvalue weighted by atomic mass is 16.1. The van der Waals surface area contributed by atoms with Gasteiger partial charge >= 0.3 is 0 Å². The number of carbonyl (C=O) groups is 1.